The highest BCUT2D eigenvalue weighted by Gasteiger charge is 2.19. The molecule has 0 radical (unpaired) electrons. The van der Waals surface area contributed by atoms with Crippen LogP contribution < -0.4 is 0 Å². The SMILES string of the molecule is CCCCC(CC(O)n1ccnc1)c1ccccc1Cl. The van der Waals surface area contributed by atoms with Crippen LogP contribution in [0.25, 0.3) is 0 Å². The van der Waals surface area contributed by atoms with Crippen molar-refractivity contribution in [2.24, 2.45) is 0 Å². The molecular formula is C16H21ClN2O. The second-order valence-electron chi connectivity index (χ2n) is 5.09. The van der Waals surface area contributed by atoms with Gasteiger partial charge in [-0.05, 0) is 30.4 Å². The summed E-state index contributed by atoms with van der Waals surface area (Å²) in [5, 5.41) is 11.1. The molecule has 0 saturated carbocycles. The molecule has 0 saturated heterocycles. The topological polar surface area (TPSA) is 38.0 Å². The van der Waals surface area contributed by atoms with Gasteiger partial charge in [0.1, 0.15) is 6.23 Å². The average Bonchev–Trinajstić information content (AvgIpc) is 2.98. The third-order valence-electron chi connectivity index (χ3n) is 3.62. The predicted octanol–water partition coefficient (Wildman–Crippen LogP) is 4.39. The Labute approximate surface area is 125 Å². The van der Waals surface area contributed by atoms with Crippen molar-refractivity contribution in [1.82, 2.24) is 9.55 Å². The average molecular weight is 293 g/mol. The van der Waals surface area contributed by atoms with Crippen LogP contribution in [-0.2, 0) is 0 Å². The van der Waals surface area contributed by atoms with Crippen LogP contribution in [0, 0.1) is 0 Å². The van der Waals surface area contributed by atoms with Crippen LogP contribution in [0.4, 0.5) is 0 Å². The molecule has 0 aliphatic carbocycles. The molecule has 108 valence electrons. The molecule has 2 atom stereocenters. The van der Waals surface area contributed by atoms with Gasteiger partial charge in [0, 0.05) is 17.4 Å². The molecule has 0 amide bonds. The standard InChI is InChI=1S/C16H21ClN2O/c1-2-3-6-13(14-7-4-5-8-15(14)17)11-16(20)19-10-9-18-12-19/h4-5,7-10,12-13,16,20H,2-3,6,11H2,1H3. The van der Waals surface area contributed by atoms with Crippen LogP contribution in [0.2, 0.25) is 5.02 Å². The number of hydrogen-bond acceptors (Lipinski definition) is 2. The fourth-order valence-electron chi connectivity index (χ4n) is 2.48. The molecule has 0 aliphatic heterocycles. The summed E-state index contributed by atoms with van der Waals surface area (Å²) in [6.45, 7) is 2.18. The Morgan fingerprint density at radius 1 is 1.35 bits per heavy atom. The zero-order valence-corrected chi connectivity index (χ0v) is 12.5. The van der Waals surface area contributed by atoms with E-state index >= 15 is 0 Å². The molecule has 1 aromatic carbocycles. The van der Waals surface area contributed by atoms with E-state index in [-0.39, 0.29) is 5.92 Å². The van der Waals surface area contributed by atoms with E-state index in [4.69, 9.17) is 11.6 Å². The van der Waals surface area contributed by atoms with Crippen LogP contribution in [0.1, 0.15) is 50.3 Å². The van der Waals surface area contributed by atoms with Crippen molar-refractivity contribution < 1.29 is 5.11 Å². The van der Waals surface area contributed by atoms with Gasteiger partial charge < -0.3 is 9.67 Å². The first kappa shape index (κ1) is 15.1. The highest BCUT2D eigenvalue weighted by Crippen LogP contribution is 2.34. The maximum atomic E-state index is 10.3. The number of hydrogen-bond donors (Lipinski definition) is 1. The van der Waals surface area contributed by atoms with Crippen molar-refractivity contribution >= 4 is 11.6 Å². The Kier molecular flexibility index (Phi) is 5.62. The minimum Gasteiger partial charge on any atom is -0.373 e. The van der Waals surface area contributed by atoms with Crippen molar-refractivity contribution in [2.75, 3.05) is 0 Å². The number of unbranched alkanes of at least 4 members (excludes halogenated alkanes) is 1. The van der Waals surface area contributed by atoms with Gasteiger partial charge in [0.2, 0.25) is 0 Å². The number of aliphatic hydroxyl groups is 1. The summed E-state index contributed by atoms with van der Waals surface area (Å²) in [5.41, 5.74) is 1.13. The third kappa shape index (κ3) is 3.84. The van der Waals surface area contributed by atoms with Gasteiger partial charge in [0.05, 0.1) is 6.33 Å². The lowest BCUT2D eigenvalue weighted by atomic mass is 9.90. The first-order valence-electron chi connectivity index (χ1n) is 7.12. The van der Waals surface area contributed by atoms with Gasteiger partial charge in [-0.1, -0.05) is 49.6 Å². The van der Waals surface area contributed by atoms with Crippen LogP contribution in [0.15, 0.2) is 43.0 Å². The molecule has 0 fully saturated rings. The van der Waals surface area contributed by atoms with E-state index < -0.39 is 6.23 Å². The molecule has 0 aliphatic rings. The van der Waals surface area contributed by atoms with Crippen molar-refractivity contribution in [3.63, 3.8) is 0 Å². The molecular weight excluding hydrogens is 272 g/mol. The van der Waals surface area contributed by atoms with Crippen LogP contribution in [0.3, 0.4) is 0 Å². The van der Waals surface area contributed by atoms with E-state index in [1.54, 1.807) is 23.3 Å². The van der Waals surface area contributed by atoms with Gasteiger partial charge >= 0.3 is 0 Å². The lowest BCUT2D eigenvalue weighted by Crippen LogP contribution is -2.12. The molecule has 0 bridgehead atoms. The zero-order valence-electron chi connectivity index (χ0n) is 11.7. The molecule has 4 heteroatoms. The predicted molar refractivity (Wildman–Crippen MR) is 81.8 cm³/mol. The molecule has 2 aromatic rings. The first-order valence-corrected chi connectivity index (χ1v) is 7.50. The number of rotatable bonds is 7. The molecule has 20 heavy (non-hydrogen) atoms. The maximum Gasteiger partial charge on any atom is 0.132 e. The van der Waals surface area contributed by atoms with E-state index in [0.717, 1.165) is 29.8 Å². The third-order valence-corrected chi connectivity index (χ3v) is 3.96. The number of benzene rings is 1. The molecule has 2 unspecified atom stereocenters. The highest BCUT2D eigenvalue weighted by atomic mass is 35.5. The van der Waals surface area contributed by atoms with Gasteiger partial charge in [-0.2, -0.15) is 0 Å². The lowest BCUT2D eigenvalue weighted by Gasteiger charge is -2.22. The van der Waals surface area contributed by atoms with E-state index in [2.05, 4.69) is 18.0 Å². The Bertz CT molecular complexity index is 513. The Hall–Kier alpha value is -1.32. The summed E-state index contributed by atoms with van der Waals surface area (Å²) < 4.78 is 1.73. The van der Waals surface area contributed by atoms with Gasteiger partial charge in [-0.25, -0.2) is 4.98 Å². The molecule has 3 nitrogen and oxygen atoms in total. The Morgan fingerprint density at radius 3 is 2.80 bits per heavy atom. The summed E-state index contributed by atoms with van der Waals surface area (Å²) in [6, 6.07) is 7.92. The van der Waals surface area contributed by atoms with Crippen LogP contribution in [0.5, 0.6) is 0 Å². The fourth-order valence-corrected chi connectivity index (χ4v) is 2.77. The van der Waals surface area contributed by atoms with Gasteiger partial charge in [0.15, 0.2) is 0 Å². The summed E-state index contributed by atoms with van der Waals surface area (Å²) in [4.78, 5) is 3.98. The van der Waals surface area contributed by atoms with E-state index in [1.165, 1.54) is 0 Å². The van der Waals surface area contributed by atoms with Crippen molar-refractivity contribution in [3.8, 4) is 0 Å². The minimum atomic E-state index is -0.560. The molecule has 2 rings (SSSR count). The Balaban J connectivity index is 2.13. The summed E-state index contributed by atoms with van der Waals surface area (Å²) in [7, 11) is 0. The first-order chi connectivity index (χ1) is 9.72. The minimum absolute atomic E-state index is 0.265. The largest absolute Gasteiger partial charge is 0.373 e. The fraction of sp³-hybridized carbons (Fsp3) is 0.438. The van der Waals surface area contributed by atoms with Gasteiger partial charge in [-0.15, -0.1) is 0 Å². The zero-order chi connectivity index (χ0) is 14.4. The van der Waals surface area contributed by atoms with Crippen molar-refractivity contribution in [2.45, 2.75) is 44.8 Å². The van der Waals surface area contributed by atoms with Gasteiger partial charge in [0.25, 0.3) is 0 Å². The van der Waals surface area contributed by atoms with Crippen molar-refractivity contribution in [1.29, 1.82) is 0 Å². The van der Waals surface area contributed by atoms with E-state index in [9.17, 15) is 5.11 Å². The number of aromatic nitrogens is 2. The molecule has 1 N–H and O–H groups in total. The molecule has 1 heterocycles. The second-order valence-corrected chi connectivity index (χ2v) is 5.49. The Morgan fingerprint density at radius 2 is 2.15 bits per heavy atom. The highest BCUT2D eigenvalue weighted by molar-refractivity contribution is 6.31. The second kappa shape index (κ2) is 7.46. The number of halogens is 1. The van der Waals surface area contributed by atoms with Crippen LogP contribution in [-0.4, -0.2) is 14.7 Å². The quantitative estimate of drug-likeness (QED) is 0.822. The number of aliphatic hydroxyl groups excluding tert-OH is 1. The van der Waals surface area contributed by atoms with E-state index in [0.29, 0.717) is 6.42 Å². The smallest absolute Gasteiger partial charge is 0.132 e. The van der Waals surface area contributed by atoms with E-state index in [1.807, 2.05) is 18.2 Å². The maximum absolute atomic E-state index is 10.3. The summed E-state index contributed by atoms with van der Waals surface area (Å²) in [5.74, 6) is 0.265. The number of imidazole rings is 1. The summed E-state index contributed by atoms with van der Waals surface area (Å²) in [6.07, 6.45) is 8.51. The van der Waals surface area contributed by atoms with Gasteiger partial charge in [-0.3, -0.25) is 0 Å². The molecule has 1 aromatic heterocycles. The summed E-state index contributed by atoms with van der Waals surface area (Å²) >= 11 is 6.31. The monoisotopic (exact) mass is 292 g/mol. The lowest BCUT2D eigenvalue weighted by molar-refractivity contribution is 0.0847. The normalized spacial score (nSPS) is 14.2. The van der Waals surface area contributed by atoms with Crippen LogP contribution >= 0.6 is 11.6 Å². The number of nitrogens with zero attached hydrogens (tertiary/aromatic N) is 2. The van der Waals surface area contributed by atoms with Crippen molar-refractivity contribution in [3.05, 3.63) is 53.6 Å². The molecule has 0 spiro atoms.